The molecule has 0 aliphatic carbocycles. The summed E-state index contributed by atoms with van der Waals surface area (Å²) < 4.78 is 9.93. The third-order valence-electron chi connectivity index (χ3n) is 2.46. The van der Waals surface area contributed by atoms with Gasteiger partial charge in [-0.05, 0) is 25.1 Å². The van der Waals surface area contributed by atoms with Gasteiger partial charge in [-0.3, -0.25) is 5.10 Å². The van der Waals surface area contributed by atoms with E-state index < -0.39 is 0 Å². The Labute approximate surface area is 104 Å². The topological polar surface area (TPSA) is 64.2 Å². The molecule has 0 saturated heterocycles. The van der Waals surface area contributed by atoms with Crippen molar-refractivity contribution in [3.8, 4) is 5.75 Å². The maximum atomic E-state index is 11.2. The van der Waals surface area contributed by atoms with Gasteiger partial charge in [0.25, 0.3) is 0 Å². The molecule has 5 heteroatoms. The maximum Gasteiger partial charge on any atom is 0.330 e. The quantitative estimate of drug-likeness (QED) is 0.663. The van der Waals surface area contributed by atoms with Gasteiger partial charge in [0, 0.05) is 17.5 Å². The first-order valence-electron chi connectivity index (χ1n) is 5.61. The van der Waals surface area contributed by atoms with E-state index in [0.717, 1.165) is 16.7 Å². The second-order valence-electron chi connectivity index (χ2n) is 3.61. The van der Waals surface area contributed by atoms with Crippen LogP contribution in [0.3, 0.4) is 0 Å². The number of carbonyl (C=O) groups excluding carboxylic acids is 1. The van der Waals surface area contributed by atoms with Crippen molar-refractivity contribution < 1.29 is 14.3 Å². The Hall–Kier alpha value is -2.30. The number of aromatic amines is 1. The molecule has 0 amide bonds. The number of esters is 1. The van der Waals surface area contributed by atoms with Crippen LogP contribution in [0.4, 0.5) is 0 Å². The highest BCUT2D eigenvalue weighted by Crippen LogP contribution is 2.22. The number of nitrogens with one attached hydrogen (secondary N) is 1. The van der Waals surface area contributed by atoms with Gasteiger partial charge < -0.3 is 9.47 Å². The lowest BCUT2D eigenvalue weighted by molar-refractivity contribution is -0.137. The summed E-state index contributed by atoms with van der Waals surface area (Å²) in [6.45, 7) is 2.13. The minimum atomic E-state index is -0.373. The summed E-state index contributed by atoms with van der Waals surface area (Å²) in [4.78, 5) is 11.2. The van der Waals surface area contributed by atoms with Crippen LogP contribution in [0.15, 0.2) is 24.3 Å². The molecule has 0 radical (unpaired) electrons. The van der Waals surface area contributed by atoms with Crippen molar-refractivity contribution in [3.63, 3.8) is 0 Å². The van der Waals surface area contributed by atoms with Crippen molar-refractivity contribution in [2.24, 2.45) is 0 Å². The van der Waals surface area contributed by atoms with Gasteiger partial charge in [-0.1, -0.05) is 0 Å². The SMILES string of the molecule is CCOC(=O)C=Cc1n[nH]c2cc(OC)ccc12. The number of methoxy groups -OCH3 is 1. The van der Waals surface area contributed by atoms with Crippen molar-refractivity contribution in [2.45, 2.75) is 6.92 Å². The molecular formula is C13H14N2O3. The number of aromatic nitrogens is 2. The van der Waals surface area contributed by atoms with Crippen molar-refractivity contribution in [3.05, 3.63) is 30.0 Å². The number of hydrogen-bond acceptors (Lipinski definition) is 4. The lowest BCUT2D eigenvalue weighted by Gasteiger charge is -1.98. The molecule has 5 nitrogen and oxygen atoms in total. The van der Waals surface area contributed by atoms with Gasteiger partial charge in [0.05, 0.1) is 24.9 Å². The molecule has 0 aliphatic heterocycles. The Morgan fingerprint density at radius 3 is 3.06 bits per heavy atom. The van der Waals surface area contributed by atoms with Crippen LogP contribution < -0.4 is 4.74 Å². The van der Waals surface area contributed by atoms with E-state index >= 15 is 0 Å². The molecule has 2 aromatic rings. The molecule has 0 aliphatic rings. The lowest BCUT2D eigenvalue weighted by Crippen LogP contribution is -1.98. The Morgan fingerprint density at radius 2 is 2.33 bits per heavy atom. The first-order valence-corrected chi connectivity index (χ1v) is 5.61. The zero-order valence-electron chi connectivity index (χ0n) is 10.3. The third kappa shape index (κ3) is 2.51. The summed E-state index contributed by atoms with van der Waals surface area (Å²) in [7, 11) is 1.61. The number of hydrogen-bond donors (Lipinski definition) is 1. The van der Waals surface area contributed by atoms with E-state index in [2.05, 4.69) is 10.2 Å². The minimum absolute atomic E-state index is 0.363. The normalized spacial score (nSPS) is 11.0. The molecule has 0 spiro atoms. The summed E-state index contributed by atoms with van der Waals surface area (Å²) in [5.74, 6) is 0.384. The summed E-state index contributed by atoms with van der Waals surface area (Å²) in [6.07, 6.45) is 2.99. The summed E-state index contributed by atoms with van der Waals surface area (Å²) in [5.41, 5.74) is 1.55. The standard InChI is InChI=1S/C13H14N2O3/c1-3-18-13(16)7-6-11-10-5-4-9(17-2)8-12(10)15-14-11/h4-8H,3H2,1-2H3,(H,14,15). The monoisotopic (exact) mass is 246 g/mol. The first-order chi connectivity index (χ1) is 8.74. The van der Waals surface area contributed by atoms with E-state index in [1.165, 1.54) is 6.08 Å². The van der Waals surface area contributed by atoms with Gasteiger partial charge in [0.15, 0.2) is 0 Å². The molecule has 0 saturated carbocycles. The fraction of sp³-hybridized carbons (Fsp3) is 0.231. The van der Waals surface area contributed by atoms with Gasteiger partial charge >= 0.3 is 5.97 Å². The largest absolute Gasteiger partial charge is 0.497 e. The Kier molecular flexibility index (Phi) is 3.62. The second-order valence-corrected chi connectivity index (χ2v) is 3.61. The van der Waals surface area contributed by atoms with E-state index in [-0.39, 0.29) is 5.97 Å². The molecule has 1 aromatic heterocycles. The highest BCUT2D eigenvalue weighted by Gasteiger charge is 2.04. The molecule has 0 atom stereocenters. The second kappa shape index (κ2) is 5.35. The summed E-state index contributed by atoms with van der Waals surface area (Å²) in [6, 6.07) is 5.59. The van der Waals surface area contributed by atoms with Gasteiger partial charge in [0.2, 0.25) is 0 Å². The maximum absolute atomic E-state index is 11.2. The van der Waals surface area contributed by atoms with Gasteiger partial charge in [-0.15, -0.1) is 0 Å². The smallest absolute Gasteiger partial charge is 0.330 e. The summed E-state index contributed by atoms with van der Waals surface area (Å²) >= 11 is 0. The van der Waals surface area contributed by atoms with Crippen LogP contribution in [0.5, 0.6) is 5.75 Å². The fourth-order valence-electron chi connectivity index (χ4n) is 1.61. The molecule has 0 fully saturated rings. The molecule has 1 heterocycles. The first kappa shape index (κ1) is 12.2. The average Bonchev–Trinajstić information content (AvgIpc) is 2.78. The van der Waals surface area contributed by atoms with Crippen LogP contribution in [-0.2, 0) is 9.53 Å². The molecule has 0 unspecified atom stereocenters. The van der Waals surface area contributed by atoms with E-state index in [1.807, 2.05) is 18.2 Å². The number of H-pyrrole nitrogens is 1. The van der Waals surface area contributed by atoms with Gasteiger partial charge in [-0.25, -0.2) is 4.79 Å². The zero-order chi connectivity index (χ0) is 13.0. The molecular weight excluding hydrogens is 232 g/mol. The number of nitrogens with zero attached hydrogens (tertiary/aromatic N) is 1. The van der Waals surface area contributed by atoms with Crippen molar-refractivity contribution in [2.75, 3.05) is 13.7 Å². The zero-order valence-corrected chi connectivity index (χ0v) is 10.3. The van der Waals surface area contributed by atoms with Crippen molar-refractivity contribution in [1.82, 2.24) is 10.2 Å². The number of ether oxygens (including phenoxy) is 2. The Morgan fingerprint density at radius 1 is 1.50 bits per heavy atom. The van der Waals surface area contributed by atoms with Crippen LogP contribution in [0.25, 0.3) is 17.0 Å². The number of carbonyl (C=O) groups is 1. The predicted molar refractivity (Wildman–Crippen MR) is 68.3 cm³/mol. The molecule has 2 rings (SSSR count). The van der Waals surface area contributed by atoms with Crippen molar-refractivity contribution in [1.29, 1.82) is 0 Å². The number of rotatable bonds is 4. The summed E-state index contributed by atoms with van der Waals surface area (Å²) in [5, 5.41) is 7.94. The third-order valence-corrected chi connectivity index (χ3v) is 2.46. The van der Waals surface area contributed by atoms with E-state index in [4.69, 9.17) is 9.47 Å². The Bertz CT molecular complexity index is 587. The lowest BCUT2D eigenvalue weighted by atomic mass is 10.2. The fourth-order valence-corrected chi connectivity index (χ4v) is 1.61. The van der Waals surface area contributed by atoms with Crippen LogP contribution in [-0.4, -0.2) is 29.9 Å². The highest BCUT2D eigenvalue weighted by atomic mass is 16.5. The molecule has 94 valence electrons. The van der Waals surface area contributed by atoms with Crippen LogP contribution in [0.2, 0.25) is 0 Å². The number of fused-ring (bicyclic) bond motifs is 1. The van der Waals surface area contributed by atoms with Gasteiger partial charge in [-0.2, -0.15) is 5.10 Å². The molecule has 1 N–H and O–H groups in total. The van der Waals surface area contributed by atoms with Gasteiger partial charge in [0.1, 0.15) is 5.75 Å². The average molecular weight is 246 g/mol. The van der Waals surface area contributed by atoms with Crippen molar-refractivity contribution >= 4 is 22.9 Å². The molecule has 0 bridgehead atoms. The van der Waals surface area contributed by atoms with Crippen LogP contribution in [0.1, 0.15) is 12.6 Å². The molecule has 1 aromatic carbocycles. The van der Waals surface area contributed by atoms with E-state index in [1.54, 1.807) is 20.1 Å². The predicted octanol–water partition coefficient (Wildman–Crippen LogP) is 2.15. The highest BCUT2D eigenvalue weighted by molar-refractivity contribution is 5.92. The van der Waals surface area contributed by atoms with Crippen LogP contribution >= 0.6 is 0 Å². The van der Waals surface area contributed by atoms with Crippen LogP contribution in [0, 0.1) is 0 Å². The minimum Gasteiger partial charge on any atom is -0.497 e. The molecule has 18 heavy (non-hydrogen) atoms. The van der Waals surface area contributed by atoms with E-state index in [9.17, 15) is 4.79 Å². The van der Waals surface area contributed by atoms with E-state index in [0.29, 0.717) is 12.3 Å². The number of benzene rings is 1. The Balaban J connectivity index is 2.27.